The number of methoxy groups -OCH3 is 2. The number of Topliss-reactive ketones (excluding diaryl/α,β-unsaturated/α-hetero) is 1. The molecule has 1 unspecified atom stereocenters. The molecule has 0 saturated heterocycles. The van der Waals surface area contributed by atoms with Crippen LogP contribution in [0, 0.1) is 0 Å². The van der Waals surface area contributed by atoms with Gasteiger partial charge in [-0.2, -0.15) is 0 Å². The average Bonchev–Trinajstić information content (AvgIpc) is 2.36. The van der Waals surface area contributed by atoms with Gasteiger partial charge in [-0.1, -0.05) is 0 Å². The molecule has 5 nitrogen and oxygen atoms in total. The summed E-state index contributed by atoms with van der Waals surface area (Å²) in [7, 11) is 3.00. The molecule has 0 fully saturated rings. The molecular formula is C13H16O5. The van der Waals surface area contributed by atoms with E-state index in [2.05, 4.69) is 0 Å². The molecule has 0 amide bonds. The van der Waals surface area contributed by atoms with Crippen LogP contribution in [-0.4, -0.2) is 32.1 Å². The summed E-state index contributed by atoms with van der Waals surface area (Å²) >= 11 is 0. The molecule has 1 rings (SSSR count). The Kier molecular flexibility index (Phi) is 4.71. The minimum atomic E-state index is -0.819. The van der Waals surface area contributed by atoms with Crippen LogP contribution in [0.5, 0.6) is 11.5 Å². The first-order valence-electron chi connectivity index (χ1n) is 5.43. The van der Waals surface area contributed by atoms with Gasteiger partial charge in [0.15, 0.2) is 17.6 Å². The Balaban J connectivity index is 2.96. The molecular weight excluding hydrogens is 236 g/mol. The second kappa shape index (κ2) is 6.05. The number of hydrogen-bond acceptors (Lipinski definition) is 5. The Hall–Kier alpha value is -2.04. The molecule has 5 heteroatoms. The summed E-state index contributed by atoms with van der Waals surface area (Å²) in [6.07, 6.45) is -0.819. The number of hydrogen-bond donors (Lipinski definition) is 0. The molecule has 0 radical (unpaired) electrons. The highest BCUT2D eigenvalue weighted by Gasteiger charge is 2.19. The van der Waals surface area contributed by atoms with E-state index in [1.807, 2.05) is 0 Å². The number of carbonyl (C=O) groups excluding carboxylic acids is 2. The minimum Gasteiger partial charge on any atom is -0.493 e. The maximum Gasteiger partial charge on any atom is 0.303 e. The third kappa shape index (κ3) is 3.23. The molecule has 0 aliphatic rings. The monoisotopic (exact) mass is 252 g/mol. The van der Waals surface area contributed by atoms with Gasteiger partial charge in [0.1, 0.15) is 0 Å². The molecule has 0 spiro atoms. The summed E-state index contributed by atoms with van der Waals surface area (Å²) in [4.78, 5) is 22.8. The second-order valence-electron chi connectivity index (χ2n) is 3.69. The number of rotatable bonds is 5. The van der Waals surface area contributed by atoms with Crippen molar-refractivity contribution in [3.8, 4) is 11.5 Å². The van der Waals surface area contributed by atoms with Crippen molar-refractivity contribution >= 4 is 11.8 Å². The number of benzene rings is 1. The molecule has 18 heavy (non-hydrogen) atoms. The van der Waals surface area contributed by atoms with Crippen LogP contribution in [-0.2, 0) is 9.53 Å². The highest BCUT2D eigenvalue weighted by Crippen LogP contribution is 2.28. The van der Waals surface area contributed by atoms with Gasteiger partial charge < -0.3 is 14.2 Å². The van der Waals surface area contributed by atoms with Gasteiger partial charge in [0.05, 0.1) is 14.2 Å². The molecule has 0 heterocycles. The molecule has 0 saturated carbocycles. The second-order valence-corrected chi connectivity index (χ2v) is 3.69. The summed E-state index contributed by atoms with van der Waals surface area (Å²) in [5.74, 6) is 0.218. The fraction of sp³-hybridized carbons (Fsp3) is 0.385. The van der Waals surface area contributed by atoms with Gasteiger partial charge in [0, 0.05) is 12.5 Å². The van der Waals surface area contributed by atoms with Crippen LogP contribution in [0.1, 0.15) is 24.2 Å². The summed E-state index contributed by atoms with van der Waals surface area (Å²) < 4.78 is 15.0. The van der Waals surface area contributed by atoms with E-state index >= 15 is 0 Å². The Morgan fingerprint density at radius 1 is 1.11 bits per heavy atom. The van der Waals surface area contributed by atoms with Crippen molar-refractivity contribution in [2.75, 3.05) is 14.2 Å². The Bertz CT molecular complexity index is 453. The van der Waals surface area contributed by atoms with E-state index in [-0.39, 0.29) is 5.78 Å². The third-order valence-electron chi connectivity index (χ3n) is 2.38. The highest BCUT2D eigenvalue weighted by molar-refractivity contribution is 6.00. The molecule has 1 aromatic carbocycles. The highest BCUT2D eigenvalue weighted by atomic mass is 16.5. The van der Waals surface area contributed by atoms with E-state index in [1.165, 1.54) is 28.1 Å². The zero-order chi connectivity index (χ0) is 13.7. The fourth-order valence-electron chi connectivity index (χ4n) is 1.53. The van der Waals surface area contributed by atoms with Crippen molar-refractivity contribution in [3.05, 3.63) is 23.8 Å². The van der Waals surface area contributed by atoms with Crippen molar-refractivity contribution in [2.45, 2.75) is 20.0 Å². The number of carbonyl (C=O) groups is 2. The van der Waals surface area contributed by atoms with Gasteiger partial charge in [-0.25, -0.2) is 0 Å². The Morgan fingerprint density at radius 3 is 2.22 bits per heavy atom. The van der Waals surface area contributed by atoms with Crippen molar-refractivity contribution in [1.29, 1.82) is 0 Å². The van der Waals surface area contributed by atoms with E-state index in [9.17, 15) is 9.59 Å². The van der Waals surface area contributed by atoms with Gasteiger partial charge in [0.25, 0.3) is 0 Å². The maximum atomic E-state index is 12.0. The molecule has 0 bridgehead atoms. The number of esters is 1. The van der Waals surface area contributed by atoms with Crippen molar-refractivity contribution in [3.63, 3.8) is 0 Å². The van der Waals surface area contributed by atoms with E-state index in [1.54, 1.807) is 18.2 Å². The normalized spacial score (nSPS) is 11.6. The van der Waals surface area contributed by atoms with Crippen LogP contribution in [0.15, 0.2) is 18.2 Å². The minimum absolute atomic E-state index is 0.286. The van der Waals surface area contributed by atoms with Gasteiger partial charge in [-0.3, -0.25) is 9.59 Å². The van der Waals surface area contributed by atoms with Crippen LogP contribution < -0.4 is 9.47 Å². The largest absolute Gasteiger partial charge is 0.493 e. The van der Waals surface area contributed by atoms with Gasteiger partial charge in [-0.15, -0.1) is 0 Å². The van der Waals surface area contributed by atoms with E-state index in [4.69, 9.17) is 14.2 Å². The number of ketones is 1. The fourth-order valence-corrected chi connectivity index (χ4v) is 1.53. The van der Waals surface area contributed by atoms with Crippen molar-refractivity contribution in [1.82, 2.24) is 0 Å². The van der Waals surface area contributed by atoms with Crippen LogP contribution in [0.3, 0.4) is 0 Å². The molecule has 98 valence electrons. The van der Waals surface area contributed by atoms with Crippen LogP contribution in [0.2, 0.25) is 0 Å². The summed E-state index contributed by atoms with van der Waals surface area (Å²) in [5, 5.41) is 0. The van der Waals surface area contributed by atoms with Crippen LogP contribution in [0.25, 0.3) is 0 Å². The third-order valence-corrected chi connectivity index (χ3v) is 2.38. The Labute approximate surface area is 106 Å². The zero-order valence-corrected chi connectivity index (χ0v) is 10.9. The number of ether oxygens (including phenoxy) is 3. The van der Waals surface area contributed by atoms with Crippen LogP contribution >= 0.6 is 0 Å². The molecule has 1 atom stereocenters. The topological polar surface area (TPSA) is 61.8 Å². The first kappa shape index (κ1) is 14.0. The van der Waals surface area contributed by atoms with E-state index in [0.29, 0.717) is 17.1 Å². The van der Waals surface area contributed by atoms with Crippen molar-refractivity contribution in [2.24, 2.45) is 0 Å². The molecule has 0 aliphatic heterocycles. The van der Waals surface area contributed by atoms with E-state index in [0.717, 1.165) is 0 Å². The predicted molar refractivity (Wildman–Crippen MR) is 65.1 cm³/mol. The molecule has 0 aliphatic carbocycles. The van der Waals surface area contributed by atoms with Gasteiger partial charge in [0.2, 0.25) is 5.78 Å². The first-order chi connectivity index (χ1) is 8.49. The zero-order valence-electron chi connectivity index (χ0n) is 10.9. The lowest BCUT2D eigenvalue weighted by molar-refractivity contribution is -0.143. The lowest BCUT2D eigenvalue weighted by Crippen LogP contribution is -2.23. The first-order valence-corrected chi connectivity index (χ1v) is 5.43. The molecule has 1 aromatic rings. The predicted octanol–water partition coefficient (Wildman–Crippen LogP) is 1.84. The van der Waals surface area contributed by atoms with Gasteiger partial charge >= 0.3 is 5.97 Å². The standard InChI is InChI=1S/C13H16O5/c1-8(18-9(2)14)13(15)10-5-6-11(16-3)12(7-10)17-4/h5-8H,1-4H3. The van der Waals surface area contributed by atoms with Gasteiger partial charge in [-0.05, 0) is 25.1 Å². The summed E-state index contributed by atoms with van der Waals surface area (Å²) in [6.45, 7) is 2.79. The molecule has 0 N–H and O–H groups in total. The smallest absolute Gasteiger partial charge is 0.303 e. The van der Waals surface area contributed by atoms with Crippen molar-refractivity contribution < 1.29 is 23.8 Å². The summed E-state index contributed by atoms with van der Waals surface area (Å²) in [5.41, 5.74) is 0.404. The summed E-state index contributed by atoms with van der Waals surface area (Å²) in [6, 6.07) is 4.79. The Morgan fingerprint density at radius 2 is 1.72 bits per heavy atom. The maximum absolute atomic E-state index is 12.0. The van der Waals surface area contributed by atoms with Crippen LogP contribution in [0.4, 0.5) is 0 Å². The lowest BCUT2D eigenvalue weighted by Gasteiger charge is -2.12. The quantitative estimate of drug-likeness (QED) is 0.591. The van der Waals surface area contributed by atoms with E-state index < -0.39 is 12.1 Å². The molecule has 0 aromatic heterocycles. The SMILES string of the molecule is COc1ccc(C(=O)C(C)OC(C)=O)cc1OC. The average molecular weight is 252 g/mol. The lowest BCUT2D eigenvalue weighted by atomic mass is 10.1.